The Hall–Kier alpha value is -1.76. The molecule has 1 aliphatic rings. The summed E-state index contributed by atoms with van der Waals surface area (Å²) in [7, 11) is 0. The van der Waals surface area contributed by atoms with Crippen LogP contribution in [0.1, 0.15) is 25.7 Å². The van der Waals surface area contributed by atoms with Crippen LogP contribution < -0.4 is 10.1 Å². The molecule has 0 aromatic heterocycles. The van der Waals surface area contributed by atoms with Crippen molar-refractivity contribution in [2.75, 3.05) is 26.2 Å². The number of ether oxygens (including phenoxy) is 1. The van der Waals surface area contributed by atoms with E-state index in [-0.39, 0.29) is 30.9 Å². The normalized spacial score (nSPS) is 16.3. The molecule has 0 spiro atoms. The summed E-state index contributed by atoms with van der Waals surface area (Å²) < 4.78 is 43.2. The van der Waals surface area contributed by atoms with Gasteiger partial charge < -0.3 is 10.1 Å². The van der Waals surface area contributed by atoms with Crippen LogP contribution in [0.2, 0.25) is 0 Å². The molecule has 0 unspecified atom stereocenters. The third-order valence-electron chi connectivity index (χ3n) is 3.99. The number of para-hydroxylation sites is 1. The van der Waals surface area contributed by atoms with E-state index in [1.807, 2.05) is 0 Å². The molecule has 0 saturated carbocycles. The fourth-order valence-corrected chi connectivity index (χ4v) is 2.73. The number of carbonyl (C=O) groups is 1. The van der Waals surface area contributed by atoms with Crippen molar-refractivity contribution in [3.05, 3.63) is 30.1 Å². The molecule has 1 amide bonds. The van der Waals surface area contributed by atoms with Crippen LogP contribution >= 0.6 is 0 Å². The third-order valence-corrected chi connectivity index (χ3v) is 3.99. The molecular formula is C17H23F3N2O2. The number of amides is 1. The van der Waals surface area contributed by atoms with Crippen LogP contribution in [0.5, 0.6) is 5.75 Å². The third kappa shape index (κ3) is 6.39. The van der Waals surface area contributed by atoms with E-state index in [1.54, 1.807) is 23.1 Å². The topological polar surface area (TPSA) is 41.6 Å². The molecule has 1 aromatic carbocycles. The van der Waals surface area contributed by atoms with Crippen LogP contribution in [-0.4, -0.2) is 49.5 Å². The van der Waals surface area contributed by atoms with Gasteiger partial charge in [0.25, 0.3) is 6.43 Å². The molecule has 1 aromatic rings. The minimum Gasteiger partial charge on any atom is -0.491 e. The van der Waals surface area contributed by atoms with E-state index in [4.69, 9.17) is 4.74 Å². The van der Waals surface area contributed by atoms with Crippen LogP contribution in [-0.2, 0) is 4.79 Å². The highest BCUT2D eigenvalue weighted by Crippen LogP contribution is 2.16. The maximum absolute atomic E-state index is 13.3. The summed E-state index contributed by atoms with van der Waals surface area (Å²) in [6, 6.07) is 6.18. The molecule has 7 heteroatoms. The highest BCUT2D eigenvalue weighted by molar-refractivity contribution is 5.76. The summed E-state index contributed by atoms with van der Waals surface area (Å²) >= 11 is 0. The van der Waals surface area contributed by atoms with Crippen molar-refractivity contribution in [2.24, 2.45) is 0 Å². The Balaban J connectivity index is 1.58. The molecule has 0 radical (unpaired) electrons. The first kappa shape index (κ1) is 18.6. The second-order valence-electron chi connectivity index (χ2n) is 5.92. The average Bonchev–Trinajstić information content (AvgIpc) is 2.54. The molecule has 1 heterocycles. The maximum Gasteiger partial charge on any atom is 0.251 e. The number of benzene rings is 1. The molecule has 1 fully saturated rings. The van der Waals surface area contributed by atoms with Gasteiger partial charge >= 0.3 is 0 Å². The van der Waals surface area contributed by atoms with Gasteiger partial charge in [0.1, 0.15) is 0 Å². The number of likely N-dealkylation sites (tertiary alicyclic amines) is 1. The van der Waals surface area contributed by atoms with E-state index < -0.39 is 12.2 Å². The molecule has 0 atom stereocenters. The van der Waals surface area contributed by atoms with Gasteiger partial charge in [0, 0.05) is 25.6 Å². The van der Waals surface area contributed by atoms with E-state index in [2.05, 4.69) is 5.32 Å². The Bertz CT molecular complexity index is 520. The standard InChI is InChI=1S/C17H23F3N2O2/c18-14-4-1-2-5-15(14)24-11-3-6-17(23)21-13-7-9-22(10-8-13)12-16(19)20/h1-2,4-5,13,16H,3,6-12H2,(H,21,23). The van der Waals surface area contributed by atoms with Crippen LogP contribution in [0.25, 0.3) is 0 Å². The van der Waals surface area contributed by atoms with Crippen molar-refractivity contribution < 1.29 is 22.7 Å². The van der Waals surface area contributed by atoms with Crippen molar-refractivity contribution in [1.82, 2.24) is 10.2 Å². The molecule has 4 nitrogen and oxygen atoms in total. The van der Waals surface area contributed by atoms with Crippen molar-refractivity contribution in [2.45, 2.75) is 38.2 Å². The Morgan fingerprint density at radius 3 is 2.67 bits per heavy atom. The first-order valence-corrected chi connectivity index (χ1v) is 8.22. The molecule has 0 bridgehead atoms. The number of nitrogens with zero attached hydrogens (tertiary/aromatic N) is 1. The summed E-state index contributed by atoms with van der Waals surface area (Å²) in [6.45, 7) is 1.21. The molecule has 1 aliphatic heterocycles. The van der Waals surface area contributed by atoms with Crippen molar-refractivity contribution in [3.8, 4) is 5.75 Å². The lowest BCUT2D eigenvalue weighted by Crippen LogP contribution is -2.45. The van der Waals surface area contributed by atoms with Gasteiger partial charge in [-0.15, -0.1) is 0 Å². The summed E-state index contributed by atoms with van der Waals surface area (Å²) in [5.74, 6) is -0.318. The first-order valence-electron chi connectivity index (χ1n) is 8.22. The lowest BCUT2D eigenvalue weighted by atomic mass is 10.0. The number of carbonyl (C=O) groups excluding carboxylic acids is 1. The summed E-state index contributed by atoms with van der Waals surface area (Å²) in [5.41, 5.74) is 0. The molecule has 1 N–H and O–H groups in total. The zero-order chi connectivity index (χ0) is 17.4. The molecule has 1 saturated heterocycles. The smallest absolute Gasteiger partial charge is 0.251 e. The highest BCUT2D eigenvalue weighted by atomic mass is 19.3. The lowest BCUT2D eigenvalue weighted by Gasteiger charge is -2.32. The predicted octanol–water partition coefficient (Wildman–Crippen LogP) is 2.83. The Labute approximate surface area is 140 Å². The molecule has 2 rings (SSSR count). The van der Waals surface area contributed by atoms with Gasteiger partial charge in [-0.25, -0.2) is 13.2 Å². The average molecular weight is 344 g/mol. The summed E-state index contributed by atoms with van der Waals surface area (Å²) in [5, 5.41) is 2.92. The van der Waals surface area contributed by atoms with E-state index >= 15 is 0 Å². The van der Waals surface area contributed by atoms with Crippen molar-refractivity contribution >= 4 is 5.91 Å². The van der Waals surface area contributed by atoms with E-state index in [1.165, 1.54) is 6.07 Å². The van der Waals surface area contributed by atoms with Gasteiger partial charge in [0.05, 0.1) is 13.2 Å². The fraction of sp³-hybridized carbons (Fsp3) is 0.588. The van der Waals surface area contributed by atoms with Gasteiger partial charge in [-0.1, -0.05) is 12.1 Å². The van der Waals surface area contributed by atoms with Gasteiger partial charge in [0.2, 0.25) is 5.91 Å². The minimum absolute atomic E-state index is 0.0407. The molecule has 0 aliphatic carbocycles. The second kappa shape index (κ2) is 9.52. The number of piperidine rings is 1. The number of rotatable bonds is 8. The number of halogens is 3. The summed E-state index contributed by atoms with van der Waals surface area (Å²) in [4.78, 5) is 13.6. The van der Waals surface area contributed by atoms with Crippen molar-refractivity contribution in [3.63, 3.8) is 0 Å². The minimum atomic E-state index is -2.31. The van der Waals surface area contributed by atoms with E-state index in [0.29, 0.717) is 38.8 Å². The van der Waals surface area contributed by atoms with Gasteiger partial charge in [-0.2, -0.15) is 0 Å². The quantitative estimate of drug-likeness (QED) is 0.738. The zero-order valence-corrected chi connectivity index (χ0v) is 13.5. The summed E-state index contributed by atoms with van der Waals surface area (Å²) in [6.07, 6.45) is -0.157. The Kier molecular flexibility index (Phi) is 7.36. The zero-order valence-electron chi connectivity index (χ0n) is 13.5. The first-order chi connectivity index (χ1) is 11.5. The number of nitrogens with one attached hydrogen (secondary N) is 1. The van der Waals surface area contributed by atoms with Crippen LogP contribution in [0, 0.1) is 5.82 Å². The van der Waals surface area contributed by atoms with E-state index in [0.717, 1.165) is 0 Å². The number of hydrogen-bond donors (Lipinski definition) is 1. The number of alkyl halides is 2. The lowest BCUT2D eigenvalue weighted by molar-refractivity contribution is -0.122. The van der Waals surface area contributed by atoms with Crippen LogP contribution in [0.4, 0.5) is 13.2 Å². The van der Waals surface area contributed by atoms with Gasteiger partial charge in [-0.3, -0.25) is 9.69 Å². The van der Waals surface area contributed by atoms with Crippen LogP contribution in [0.15, 0.2) is 24.3 Å². The van der Waals surface area contributed by atoms with Crippen LogP contribution in [0.3, 0.4) is 0 Å². The van der Waals surface area contributed by atoms with Crippen molar-refractivity contribution in [1.29, 1.82) is 0 Å². The highest BCUT2D eigenvalue weighted by Gasteiger charge is 2.22. The Morgan fingerprint density at radius 1 is 1.29 bits per heavy atom. The largest absolute Gasteiger partial charge is 0.491 e. The Morgan fingerprint density at radius 2 is 2.00 bits per heavy atom. The fourth-order valence-electron chi connectivity index (χ4n) is 2.73. The SMILES string of the molecule is O=C(CCCOc1ccccc1F)NC1CCN(CC(F)F)CC1. The molecule has 24 heavy (non-hydrogen) atoms. The maximum atomic E-state index is 13.3. The van der Waals surface area contributed by atoms with E-state index in [9.17, 15) is 18.0 Å². The molecule has 134 valence electrons. The number of hydrogen-bond acceptors (Lipinski definition) is 3. The van der Waals surface area contributed by atoms with Gasteiger partial charge in [-0.05, 0) is 31.4 Å². The predicted molar refractivity (Wildman–Crippen MR) is 84.7 cm³/mol. The monoisotopic (exact) mass is 344 g/mol. The van der Waals surface area contributed by atoms with Gasteiger partial charge in [0.15, 0.2) is 11.6 Å². The second-order valence-corrected chi connectivity index (χ2v) is 5.92. The molecular weight excluding hydrogens is 321 g/mol.